The molecule has 0 spiro atoms. The van der Waals surface area contributed by atoms with Gasteiger partial charge in [-0.1, -0.05) is 11.6 Å². The Morgan fingerprint density at radius 1 is 1.47 bits per heavy atom. The number of hydrogen-bond donors (Lipinski definition) is 0. The van der Waals surface area contributed by atoms with Gasteiger partial charge in [0, 0.05) is 24.8 Å². The molecule has 1 aliphatic carbocycles. The number of carbonyl (C=O) groups excluding carboxylic acids is 1. The first kappa shape index (κ1) is 14.4. The Morgan fingerprint density at radius 3 is 2.58 bits per heavy atom. The van der Waals surface area contributed by atoms with Crippen molar-refractivity contribution in [1.82, 2.24) is 9.78 Å². The van der Waals surface area contributed by atoms with Crippen molar-refractivity contribution in [3.05, 3.63) is 16.9 Å². The molecule has 1 fully saturated rings. The maximum absolute atomic E-state index is 13.1. The summed E-state index contributed by atoms with van der Waals surface area (Å²) in [6, 6.07) is 0.0106. The average molecular weight is 291 g/mol. The quantitative estimate of drug-likeness (QED) is 0.785. The van der Waals surface area contributed by atoms with Gasteiger partial charge < -0.3 is 0 Å². The fraction of sp³-hybridized carbons (Fsp3) is 0.692. The second kappa shape index (κ2) is 5.19. The number of ketones is 1. The first-order valence-corrected chi connectivity index (χ1v) is 6.84. The molecule has 3 nitrogen and oxygen atoms in total. The van der Waals surface area contributed by atoms with Crippen molar-refractivity contribution in [3.8, 4) is 0 Å². The van der Waals surface area contributed by atoms with Crippen LogP contribution in [0.2, 0.25) is 5.02 Å². The minimum Gasteiger partial charge on any atom is -0.292 e. The minimum absolute atomic E-state index is 0.0106. The lowest BCUT2D eigenvalue weighted by atomic mass is 9.83. The van der Waals surface area contributed by atoms with Crippen molar-refractivity contribution in [3.63, 3.8) is 0 Å². The SMILES string of the molecule is CC(C)n1ncc(Cl)c1C(=O)C1CCC(F)(F)CC1. The fourth-order valence-corrected chi connectivity index (χ4v) is 2.68. The lowest BCUT2D eigenvalue weighted by Crippen LogP contribution is -2.30. The van der Waals surface area contributed by atoms with E-state index in [9.17, 15) is 13.6 Å². The highest BCUT2D eigenvalue weighted by atomic mass is 35.5. The van der Waals surface area contributed by atoms with E-state index in [4.69, 9.17) is 11.6 Å². The predicted molar refractivity (Wildman–Crippen MR) is 68.9 cm³/mol. The van der Waals surface area contributed by atoms with Crippen molar-refractivity contribution in [2.24, 2.45) is 5.92 Å². The van der Waals surface area contributed by atoms with Gasteiger partial charge in [-0.2, -0.15) is 5.10 Å². The van der Waals surface area contributed by atoms with Crippen LogP contribution in [0, 0.1) is 5.92 Å². The smallest absolute Gasteiger partial charge is 0.248 e. The van der Waals surface area contributed by atoms with E-state index in [1.54, 1.807) is 4.68 Å². The maximum atomic E-state index is 13.1. The van der Waals surface area contributed by atoms with Gasteiger partial charge in [-0.15, -0.1) is 0 Å². The lowest BCUT2D eigenvalue weighted by molar-refractivity contribution is -0.0425. The summed E-state index contributed by atoms with van der Waals surface area (Å²) >= 11 is 6.01. The number of carbonyl (C=O) groups is 1. The molecule has 1 aromatic heterocycles. The standard InChI is InChI=1S/C13H17ClF2N2O/c1-8(2)18-11(10(14)7-17-18)12(19)9-3-5-13(15,16)6-4-9/h7-9H,3-6H2,1-2H3. The summed E-state index contributed by atoms with van der Waals surface area (Å²) in [6.07, 6.45) is 1.41. The number of alkyl halides is 2. The zero-order valence-corrected chi connectivity index (χ0v) is 11.8. The van der Waals surface area contributed by atoms with Crippen LogP contribution in [0.4, 0.5) is 8.78 Å². The molecule has 0 N–H and O–H groups in total. The number of aromatic nitrogens is 2. The molecule has 1 saturated carbocycles. The van der Waals surface area contributed by atoms with E-state index >= 15 is 0 Å². The van der Waals surface area contributed by atoms with E-state index < -0.39 is 5.92 Å². The molecule has 1 aromatic rings. The minimum atomic E-state index is -2.63. The van der Waals surface area contributed by atoms with E-state index in [1.807, 2.05) is 13.8 Å². The van der Waals surface area contributed by atoms with Crippen molar-refractivity contribution in [1.29, 1.82) is 0 Å². The Labute approximate surface area is 115 Å². The molecule has 0 saturated heterocycles. The van der Waals surface area contributed by atoms with Crippen molar-refractivity contribution >= 4 is 17.4 Å². The molecular weight excluding hydrogens is 274 g/mol. The summed E-state index contributed by atoms with van der Waals surface area (Å²) in [7, 11) is 0. The van der Waals surface area contributed by atoms with E-state index in [0.29, 0.717) is 10.7 Å². The maximum Gasteiger partial charge on any atom is 0.248 e. The summed E-state index contributed by atoms with van der Waals surface area (Å²) in [5.41, 5.74) is 0.354. The van der Waals surface area contributed by atoms with Crippen LogP contribution in [-0.2, 0) is 0 Å². The van der Waals surface area contributed by atoms with Gasteiger partial charge in [-0.3, -0.25) is 9.48 Å². The van der Waals surface area contributed by atoms with E-state index in [2.05, 4.69) is 5.10 Å². The molecule has 0 aromatic carbocycles. The van der Waals surface area contributed by atoms with Crippen LogP contribution < -0.4 is 0 Å². The second-order valence-electron chi connectivity index (χ2n) is 5.37. The van der Waals surface area contributed by atoms with E-state index in [1.165, 1.54) is 6.20 Å². The molecular formula is C13H17ClF2N2O. The highest BCUT2D eigenvalue weighted by Gasteiger charge is 2.38. The Kier molecular flexibility index (Phi) is 3.95. The molecule has 2 rings (SSSR count). The predicted octanol–water partition coefficient (Wildman–Crippen LogP) is 4.13. The monoisotopic (exact) mass is 290 g/mol. The Hall–Kier alpha value is -0.970. The van der Waals surface area contributed by atoms with Crippen LogP contribution >= 0.6 is 11.6 Å². The number of hydrogen-bond acceptors (Lipinski definition) is 2. The Morgan fingerprint density at radius 2 is 2.05 bits per heavy atom. The van der Waals surface area contributed by atoms with Gasteiger partial charge in [0.05, 0.1) is 11.2 Å². The number of nitrogens with zero attached hydrogens (tertiary/aromatic N) is 2. The van der Waals surface area contributed by atoms with Gasteiger partial charge in [-0.25, -0.2) is 8.78 Å². The van der Waals surface area contributed by atoms with Gasteiger partial charge in [0.2, 0.25) is 5.92 Å². The highest BCUT2D eigenvalue weighted by molar-refractivity contribution is 6.33. The summed E-state index contributed by atoms with van der Waals surface area (Å²) < 4.78 is 27.8. The summed E-state index contributed by atoms with van der Waals surface area (Å²) in [4.78, 5) is 12.4. The van der Waals surface area contributed by atoms with Gasteiger partial charge in [0.1, 0.15) is 5.69 Å². The van der Waals surface area contributed by atoms with Crippen LogP contribution in [0.5, 0.6) is 0 Å². The fourth-order valence-electron chi connectivity index (χ4n) is 2.46. The zero-order valence-electron chi connectivity index (χ0n) is 11.0. The van der Waals surface area contributed by atoms with Crippen LogP contribution in [0.1, 0.15) is 56.1 Å². The van der Waals surface area contributed by atoms with Crippen LogP contribution in [-0.4, -0.2) is 21.5 Å². The number of rotatable bonds is 3. The molecule has 6 heteroatoms. The van der Waals surface area contributed by atoms with Gasteiger partial charge in [0.25, 0.3) is 0 Å². The molecule has 0 unspecified atom stereocenters. The van der Waals surface area contributed by atoms with Crippen LogP contribution in [0.3, 0.4) is 0 Å². The van der Waals surface area contributed by atoms with Crippen molar-refractivity contribution in [2.75, 3.05) is 0 Å². The Bertz CT molecular complexity index is 475. The Balaban J connectivity index is 2.19. The molecule has 106 valence electrons. The third-order valence-corrected chi connectivity index (χ3v) is 3.84. The largest absolute Gasteiger partial charge is 0.292 e. The van der Waals surface area contributed by atoms with Gasteiger partial charge in [-0.05, 0) is 26.7 Å². The van der Waals surface area contributed by atoms with Gasteiger partial charge >= 0.3 is 0 Å². The molecule has 19 heavy (non-hydrogen) atoms. The second-order valence-corrected chi connectivity index (χ2v) is 5.78. The molecule has 1 heterocycles. The summed E-state index contributed by atoms with van der Waals surface area (Å²) in [6.45, 7) is 3.80. The van der Waals surface area contributed by atoms with Crippen LogP contribution in [0.15, 0.2) is 6.20 Å². The molecule has 0 atom stereocenters. The zero-order chi connectivity index (χ0) is 14.2. The van der Waals surface area contributed by atoms with E-state index in [-0.39, 0.29) is 43.4 Å². The lowest BCUT2D eigenvalue weighted by Gasteiger charge is -2.27. The highest BCUT2D eigenvalue weighted by Crippen LogP contribution is 2.38. The molecule has 0 radical (unpaired) electrons. The first-order valence-electron chi connectivity index (χ1n) is 6.47. The third kappa shape index (κ3) is 2.96. The van der Waals surface area contributed by atoms with Crippen LogP contribution in [0.25, 0.3) is 0 Å². The van der Waals surface area contributed by atoms with Gasteiger partial charge in [0.15, 0.2) is 5.78 Å². The van der Waals surface area contributed by atoms with E-state index in [0.717, 1.165) is 0 Å². The topological polar surface area (TPSA) is 34.9 Å². The molecule has 0 amide bonds. The number of Topliss-reactive ketones (excluding diaryl/α,β-unsaturated/α-hetero) is 1. The normalized spacial score (nSPS) is 19.9. The van der Waals surface area contributed by atoms with Crippen molar-refractivity contribution in [2.45, 2.75) is 51.5 Å². The molecule has 0 aliphatic heterocycles. The first-order chi connectivity index (χ1) is 8.82. The number of halogens is 3. The summed E-state index contributed by atoms with van der Waals surface area (Å²) in [5.74, 6) is -3.16. The van der Waals surface area contributed by atoms with Crippen molar-refractivity contribution < 1.29 is 13.6 Å². The molecule has 1 aliphatic rings. The third-order valence-electron chi connectivity index (χ3n) is 3.56. The summed E-state index contributed by atoms with van der Waals surface area (Å²) in [5, 5.41) is 4.38. The molecule has 0 bridgehead atoms. The average Bonchev–Trinajstić information content (AvgIpc) is 2.70.